The summed E-state index contributed by atoms with van der Waals surface area (Å²) in [6.45, 7) is 2.59. The van der Waals surface area contributed by atoms with E-state index in [0.717, 1.165) is 38.8 Å². The molecule has 2 aromatic carbocycles. The molecule has 0 amide bonds. The Morgan fingerprint density at radius 2 is 1.03 bits per heavy atom. The maximum Gasteiger partial charge on any atom is 0.124 e. The lowest BCUT2D eigenvalue weighted by molar-refractivity contribution is 0.169. The Labute approximate surface area is 203 Å². The van der Waals surface area contributed by atoms with Crippen LogP contribution in [0, 0.1) is 0 Å². The molecule has 4 N–H and O–H groups in total. The highest BCUT2D eigenvalue weighted by molar-refractivity contribution is 5.42. The number of hydrogen-bond acceptors (Lipinski definition) is 8. The number of benzene rings is 2. The minimum Gasteiger partial charge on any atom is -0.497 e. The van der Waals surface area contributed by atoms with Gasteiger partial charge in [-0.05, 0) is 62.3 Å². The molecule has 0 saturated carbocycles. The summed E-state index contributed by atoms with van der Waals surface area (Å²) in [6.07, 6.45) is 2.93. The third-order valence-electron chi connectivity index (χ3n) is 5.72. The second kappa shape index (κ2) is 15.4. The number of aliphatic hydroxyl groups excluding tert-OH is 2. The first-order chi connectivity index (χ1) is 16.5. The fourth-order valence-corrected chi connectivity index (χ4v) is 3.75. The number of aliphatic hydroxyl groups is 2. The molecule has 0 saturated heterocycles. The van der Waals surface area contributed by atoms with Crippen LogP contribution in [0.5, 0.6) is 23.0 Å². The Morgan fingerprint density at radius 3 is 1.38 bits per heavy atom. The number of ether oxygens (including phenoxy) is 4. The smallest absolute Gasteiger partial charge is 0.124 e. The van der Waals surface area contributed by atoms with E-state index >= 15 is 0 Å². The lowest BCUT2D eigenvalue weighted by Crippen LogP contribution is -2.23. The Morgan fingerprint density at radius 1 is 0.618 bits per heavy atom. The standard InChI is InChI=1S/C26H40N2O6/c1-31-19-9-11-25(33-3)21(15-19)23(29)17-27-13-7-5-6-8-14-28-18-24(30)22-16-20(32-2)10-12-26(22)34-4/h9-12,15-16,23-24,27-30H,5-8,13-14,17-18H2,1-4H3. The van der Waals surface area contributed by atoms with Crippen LogP contribution in [0.25, 0.3) is 0 Å². The molecule has 0 aliphatic heterocycles. The Kier molecular flexibility index (Phi) is 12.6. The Bertz CT molecular complexity index is 779. The molecule has 2 rings (SSSR count). The molecule has 0 aromatic heterocycles. The van der Waals surface area contributed by atoms with Gasteiger partial charge in [0.25, 0.3) is 0 Å². The summed E-state index contributed by atoms with van der Waals surface area (Å²) >= 11 is 0. The lowest BCUT2D eigenvalue weighted by Gasteiger charge is -2.17. The van der Waals surface area contributed by atoms with Crippen molar-refractivity contribution in [2.24, 2.45) is 0 Å². The van der Waals surface area contributed by atoms with E-state index in [1.165, 1.54) is 0 Å². The van der Waals surface area contributed by atoms with Crippen molar-refractivity contribution < 1.29 is 29.2 Å². The molecule has 34 heavy (non-hydrogen) atoms. The Balaban J connectivity index is 1.57. The van der Waals surface area contributed by atoms with Crippen LogP contribution in [0.15, 0.2) is 36.4 Å². The number of hydrogen-bond donors (Lipinski definition) is 4. The molecule has 0 radical (unpaired) electrons. The highest BCUT2D eigenvalue weighted by Crippen LogP contribution is 2.30. The molecule has 0 aliphatic carbocycles. The number of rotatable bonds is 17. The summed E-state index contributed by atoms with van der Waals surface area (Å²) in [5.74, 6) is 2.69. The van der Waals surface area contributed by atoms with Crippen LogP contribution < -0.4 is 29.6 Å². The van der Waals surface area contributed by atoms with Crippen LogP contribution in [0.1, 0.15) is 49.0 Å². The first-order valence-corrected chi connectivity index (χ1v) is 11.8. The zero-order valence-corrected chi connectivity index (χ0v) is 20.8. The summed E-state index contributed by atoms with van der Waals surface area (Å²) < 4.78 is 21.2. The van der Waals surface area contributed by atoms with Crippen LogP contribution >= 0.6 is 0 Å². The van der Waals surface area contributed by atoms with Gasteiger partial charge in [-0.25, -0.2) is 0 Å². The minimum absolute atomic E-state index is 0.455. The topological polar surface area (TPSA) is 101 Å². The maximum absolute atomic E-state index is 10.5. The molecule has 2 aromatic rings. The van der Waals surface area contributed by atoms with Crippen molar-refractivity contribution in [3.05, 3.63) is 47.5 Å². The third kappa shape index (κ3) is 8.68. The molecule has 0 bridgehead atoms. The Hall–Kier alpha value is -2.52. The van der Waals surface area contributed by atoms with Crippen molar-refractivity contribution in [2.75, 3.05) is 54.6 Å². The van der Waals surface area contributed by atoms with Gasteiger partial charge in [0, 0.05) is 24.2 Å². The van der Waals surface area contributed by atoms with E-state index in [1.807, 2.05) is 12.1 Å². The van der Waals surface area contributed by atoms with E-state index in [9.17, 15) is 10.2 Å². The van der Waals surface area contributed by atoms with Crippen molar-refractivity contribution in [1.82, 2.24) is 10.6 Å². The molecule has 2 atom stereocenters. The van der Waals surface area contributed by atoms with Crippen molar-refractivity contribution in [3.63, 3.8) is 0 Å². The van der Waals surface area contributed by atoms with Gasteiger partial charge < -0.3 is 39.8 Å². The molecular weight excluding hydrogens is 436 g/mol. The zero-order chi connectivity index (χ0) is 24.8. The molecule has 190 valence electrons. The van der Waals surface area contributed by atoms with Crippen LogP contribution in [0.3, 0.4) is 0 Å². The second-order valence-electron chi connectivity index (χ2n) is 8.07. The first-order valence-electron chi connectivity index (χ1n) is 11.8. The molecule has 0 spiro atoms. The van der Waals surface area contributed by atoms with Gasteiger partial charge in [-0.15, -0.1) is 0 Å². The number of nitrogens with one attached hydrogen (secondary N) is 2. The molecule has 0 fully saturated rings. The molecule has 0 aliphatic rings. The van der Waals surface area contributed by atoms with Crippen molar-refractivity contribution in [2.45, 2.75) is 37.9 Å². The highest BCUT2D eigenvalue weighted by Gasteiger charge is 2.15. The van der Waals surface area contributed by atoms with Gasteiger partial charge >= 0.3 is 0 Å². The van der Waals surface area contributed by atoms with Gasteiger partial charge in [0.05, 0.1) is 40.6 Å². The molecule has 0 heterocycles. The van der Waals surface area contributed by atoms with Crippen molar-refractivity contribution in [3.8, 4) is 23.0 Å². The molecular formula is C26H40N2O6. The van der Waals surface area contributed by atoms with Gasteiger partial charge in [-0.3, -0.25) is 0 Å². The third-order valence-corrected chi connectivity index (χ3v) is 5.72. The summed E-state index contributed by atoms with van der Waals surface area (Å²) in [4.78, 5) is 0. The molecule has 8 heteroatoms. The van der Waals surface area contributed by atoms with E-state index in [4.69, 9.17) is 18.9 Å². The van der Waals surface area contributed by atoms with E-state index in [2.05, 4.69) is 10.6 Å². The predicted octanol–water partition coefficient (Wildman–Crippen LogP) is 3.23. The number of unbranched alkanes of at least 4 members (excludes halogenated alkanes) is 3. The van der Waals surface area contributed by atoms with Gasteiger partial charge in [0.1, 0.15) is 23.0 Å². The van der Waals surface area contributed by atoms with Crippen LogP contribution in [0.2, 0.25) is 0 Å². The minimum atomic E-state index is -0.663. The summed E-state index contributed by atoms with van der Waals surface area (Å²) in [5.41, 5.74) is 1.43. The summed E-state index contributed by atoms with van der Waals surface area (Å²) in [5, 5.41) is 27.6. The normalized spacial score (nSPS) is 12.8. The zero-order valence-electron chi connectivity index (χ0n) is 20.8. The van der Waals surface area contributed by atoms with Gasteiger partial charge in [0.15, 0.2) is 0 Å². The quantitative estimate of drug-likeness (QED) is 0.258. The fraction of sp³-hybridized carbons (Fsp3) is 0.538. The monoisotopic (exact) mass is 476 g/mol. The van der Waals surface area contributed by atoms with Crippen LogP contribution in [-0.2, 0) is 0 Å². The lowest BCUT2D eigenvalue weighted by atomic mass is 10.1. The number of methoxy groups -OCH3 is 4. The van der Waals surface area contributed by atoms with Gasteiger partial charge in [-0.1, -0.05) is 12.8 Å². The van der Waals surface area contributed by atoms with Crippen molar-refractivity contribution >= 4 is 0 Å². The fourth-order valence-electron chi connectivity index (χ4n) is 3.75. The van der Waals surface area contributed by atoms with Crippen molar-refractivity contribution in [1.29, 1.82) is 0 Å². The van der Waals surface area contributed by atoms with E-state index < -0.39 is 12.2 Å². The second-order valence-corrected chi connectivity index (χ2v) is 8.07. The van der Waals surface area contributed by atoms with E-state index in [0.29, 0.717) is 47.2 Å². The van der Waals surface area contributed by atoms with Crippen LogP contribution in [-0.4, -0.2) is 64.8 Å². The van der Waals surface area contributed by atoms with E-state index in [-0.39, 0.29) is 0 Å². The SMILES string of the molecule is COc1ccc(OC)c(C(O)CNCCCCCCNCC(O)c2cc(OC)ccc2OC)c1. The predicted molar refractivity (Wildman–Crippen MR) is 133 cm³/mol. The van der Waals surface area contributed by atoms with Crippen LogP contribution in [0.4, 0.5) is 0 Å². The van der Waals surface area contributed by atoms with Gasteiger partial charge in [0.2, 0.25) is 0 Å². The first kappa shape index (κ1) is 27.7. The largest absolute Gasteiger partial charge is 0.497 e. The average molecular weight is 477 g/mol. The summed E-state index contributed by atoms with van der Waals surface area (Å²) in [7, 11) is 6.39. The average Bonchev–Trinajstić information content (AvgIpc) is 2.88. The molecule has 8 nitrogen and oxygen atoms in total. The maximum atomic E-state index is 10.5. The highest BCUT2D eigenvalue weighted by atomic mass is 16.5. The van der Waals surface area contributed by atoms with E-state index in [1.54, 1.807) is 52.7 Å². The molecule has 2 unspecified atom stereocenters. The van der Waals surface area contributed by atoms with Gasteiger partial charge in [-0.2, -0.15) is 0 Å². The summed E-state index contributed by atoms with van der Waals surface area (Å²) in [6, 6.07) is 10.8.